The van der Waals surface area contributed by atoms with Gasteiger partial charge in [0.05, 0.1) is 13.7 Å². The first-order chi connectivity index (χ1) is 12.8. The van der Waals surface area contributed by atoms with Crippen LogP contribution in [-0.4, -0.2) is 52.3 Å². The molecule has 27 heavy (non-hydrogen) atoms. The van der Waals surface area contributed by atoms with Gasteiger partial charge in [-0.05, 0) is 31.5 Å². The second-order valence-electron chi connectivity index (χ2n) is 6.42. The SMILES string of the molecule is COC(=O)c1c(C)c(C(=O)CN(CCc2ccccn2)C(C)=O)c(C)n1C. The zero-order chi connectivity index (χ0) is 20.1. The Labute approximate surface area is 158 Å². The third-order valence-electron chi connectivity index (χ3n) is 4.73. The summed E-state index contributed by atoms with van der Waals surface area (Å²) in [5, 5.41) is 0. The molecule has 0 fully saturated rings. The maximum Gasteiger partial charge on any atom is 0.354 e. The Kier molecular flexibility index (Phi) is 6.50. The number of rotatable bonds is 7. The highest BCUT2D eigenvalue weighted by Gasteiger charge is 2.26. The lowest BCUT2D eigenvalue weighted by molar-refractivity contribution is -0.128. The molecule has 2 aromatic heterocycles. The van der Waals surface area contributed by atoms with Crippen LogP contribution in [0.1, 0.15) is 44.7 Å². The van der Waals surface area contributed by atoms with Crippen molar-refractivity contribution in [3.8, 4) is 0 Å². The molecular formula is C20H25N3O4. The minimum atomic E-state index is -0.490. The van der Waals surface area contributed by atoms with Gasteiger partial charge in [0, 0.05) is 50.1 Å². The standard InChI is InChI=1S/C20H25N3O4/c1-13-18(14(2)22(4)19(13)20(26)27-5)17(25)12-23(15(3)24)11-9-16-8-6-7-10-21-16/h6-8,10H,9,11-12H2,1-5H3. The second kappa shape index (κ2) is 8.62. The van der Waals surface area contributed by atoms with Gasteiger partial charge in [0.25, 0.3) is 0 Å². The van der Waals surface area contributed by atoms with Crippen LogP contribution in [0.5, 0.6) is 0 Å². The highest BCUT2D eigenvalue weighted by molar-refractivity contribution is 6.04. The molecule has 7 nitrogen and oxygen atoms in total. The van der Waals surface area contributed by atoms with Gasteiger partial charge in [0.1, 0.15) is 5.69 Å². The molecule has 0 aliphatic carbocycles. The second-order valence-corrected chi connectivity index (χ2v) is 6.42. The van der Waals surface area contributed by atoms with Crippen LogP contribution in [0.4, 0.5) is 0 Å². The first-order valence-electron chi connectivity index (χ1n) is 8.70. The highest BCUT2D eigenvalue weighted by atomic mass is 16.5. The monoisotopic (exact) mass is 371 g/mol. The van der Waals surface area contributed by atoms with Gasteiger partial charge >= 0.3 is 5.97 Å². The van der Waals surface area contributed by atoms with E-state index in [4.69, 9.17) is 4.74 Å². The first-order valence-corrected chi connectivity index (χ1v) is 8.70. The minimum Gasteiger partial charge on any atom is -0.464 e. The van der Waals surface area contributed by atoms with Crippen LogP contribution >= 0.6 is 0 Å². The Bertz CT molecular complexity index is 856. The number of nitrogens with zero attached hydrogens (tertiary/aromatic N) is 3. The van der Waals surface area contributed by atoms with E-state index in [1.165, 1.54) is 18.9 Å². The van der Waals surface area contributed by atoms with E-state index >= 15 is 0 Å². The van der Waals surface area contributed by atoms with Gasteiger partial charge in [-0.2, -0.15) is 0 Å². The number of ether oxygens (including phenoxy) is 1. The Morgan fingerprint density at radius 1 is 1.22 bits per heavy atom. The number of carbonyl (C=O) groups excluding carboxylic acids is 3. The Hall–Kier alpha value is -2.96. The van der Waals surface area contributed by atoms with Crippen molar-refractivity contribution in [2.75, 3.05) is 20.2 Å². The van der Waals surface area contributed by atoms with E-state index in [9.17, 15) is 14.4 Å². The molecule has 2 aromatic rings. The summed E-state index contributed by atoms with van der Waals surface area (Å²) in [4.78, 5) is 42.7. The number of esters is 1. The van der Waals surface area contributed by atoms with Gasteiger partial charge in [-0.3, -0.25) is 14.6 Å². The summed E-state index contributed by atoms with van der Waals surface area (Å²) < 4.78 is 6.46. The molecule has 0 bridgehead atoms. The maximum atomic E-state index is 12.9. The van der Waals surface area contributed by atoms with E-state index in [0.29, 0.717) is 35.5 Å². The van der Waals surface area contributed by atoms with E-state index in [1.807, 2.05) is 18.2 Å². The van der Waals surface area contributed by atoms with Crippen molar-refractivity contribution in [1.29, 1.82) is 0 Å². The molecule has 1 amide bonds. The number of hydrogen-bond donors (Lipinski definition) is 0. The number of Topliss-reactive ketones (excluding diaryl/α,β-unsaturated/α-hetero) is 1. The van der Waals surface area contributed by atoms with E-state index < -0.39 is 5.97 Å². The topological polar surface area (TPSA) is 81.5 Å². The summed E-state index contributed by atoms with van der Waals surface area (Å²) in [5.74, 6) is -0.874. The average molecular weight is 371 g/mol. The summed E-state index contributed by atoms with van der Waals surface area (Å²) in [6.07, 6.45) is 2.26. The smallest absolute Gasteiger partial charge is 0.354 e. The van der Waals surface area contributed by atoms with Crippen molar-refractivity contribution < 1.29 is 19.1 Å². The first kappa shape index (κ1) is 20.4. The molecule has 0 radical (unpaired) electrons. The highest BCUT2D eigenvalue weighted by Crippen LogP contribution is 2.22. The molecule has 0 spiro atoms. The largest absolute Gasteiger partial charge is 0.464 e. The van der Waals surface area contributed by atoms with Crippen LogP contribution in [0.15, 0.2) is 24.4 Å². The number of ketones is 1. The van der Waals surface area contributed by atoms with Crippen LogP contribution in [-0.2, 0) is 23.0 Å². The molecule has 0 aromatic carbocycles. The molecule has 0 N–H and O–H groups in total. The number of aromatic nitrogens is 2. The number of methoxy groups -OCH3 is 1. The molecule has 7 heteroatoms. The predicted octanol–water partition coefficient (Wildman–Crippen LogP) is 2.10. The zero-order valence-corrected chi connectivity index (χ0v) is 16.4. The van der Waals surface area contributed by atoms with Gasteiger partial charge in [0.15, 0.2) is 5.78 Å². The molecule has 144 valence electrons. The molecule has 0 saturated carbocycles. The van der Waals surface area contributed by atoms with Gasteiger partial charge < -0.3 is 14.2 Å². The lowest BCUT2D eigenvalue weighted by atomic mass is 10.0. The van der Waals surface area contributed by atoms with Crippen molar-refractivity contribution in [2.24, 2.45) is 7.05 Å². The molecular weight excluding hydrogens is 346 g/mol. The molecule has 0 unspecified atom stereocenters. The summed E-state index contributed by atoms with van der Waals surface area (Å²) in [7, 11) is 3.02. The number of pyridine rings is 1. The molecule has 0 aliphatic rings. The third-order valence-corrected chi connectivity index (χ3v) is 4.73. The Morgan fingerprint density at radius 3 is 2.48 bits per heavy atom. The Balaban J connectivity index is 2.21. The lowest BCUT2D eigenvalue weighted by Gasteiger charge is -2.20. The zero-order valence-electron chi connectivity index (χ0n) is 16.4. The van der Waals surface area contributed by atoms with Gasteiger partial charge in [0.2, 0.25) is 5.91 Å². The van der Waals surface area contributed by atoms with Crippen LogP contribution in [0, 0.1) is 13.8 Å². The molecule has 2 heterocycles. The molecule has 0 saturated heterocycles. The fraction of sp³-hybridized carbons (Fsp3) is 0.400. The fourth-order valence-electron chi connectivity index (χ4n) is 3.17. The van der Waals surface area contributed by atoms with Crippen molar-refractivity contribution in [2.45, 2.75) is 27.2 Å². The van der Waals surface area contributed by atoms with Crippen LogP contribution in [0.25, 0.3) is 0 Å². The summed E-state index contributed by atoms with van der Waals surface area (Å²) in [6, 6.07) is 5.60. The lowest BCUT2D eigenvalue weighted by Crippen LogP contribution is -2.36. The van der Waals surface area contributed by atoms with Gasteiger partial charge in [-0.25, -0.2) is 4.79 Å². The molecule has 0 atom stereocenters. The van der Waals surface area contributed by atoms with E-state index in [0.717, 1.165) is 5.69 Å². The fourth-order valence-corrected chi connectivity index (χ4v) is 3.17. The van der Waals surface area contributed by atoms with Crippen molar-refractivity contribution in [3.05, 3.63) is 52.6 Å². The molecule has 2 rings (SSSR count). The minimum absolute atomic E-state index is 0.0471. The van der Waals surface area contributed by atoms with Gasteiger partial charge in [-0.1, -0.05) is 6.07 Å². The Morgan fingerprint density at radius 2 is 1.93 bits per heavy atom. The third kappa shape index (κ3) is 4.42. The van der Waals surface area contributed by atoms with Crippen LogP contribution in [0.2, 0.25) is 0 Å². The molecule has 0 aliphatic heterocycles. The predicted molar refractivity (Wildman–Crippen MR) is 101 cm³/mol. The van der Waals surface area contributed by atoms with E-state index in [-0.39, 0.29) is 18.2 Å². The van der Waals surface area contributed by atoms with Crippen molar-refractivity contribution in [1.82, 2.24) is 14.5 Å². The van der Waals surface area contributed by atoms with E-state index in [2.05, 4.69) is 4.98 Å². The summed E-state index contributed by atoms with van der Waals surface area (Å²) in [6.45, 7) is 5.29. The van der Waals surface area contributed by atoms with Crippen molar-refractivity contribution >= 4 is 17.7 Å². The van der Waals surface area contributed by atoms with Crippen molar-refractivity contribution in [3.63, 3.8) is 0 Å². The normalized spacial score (nSPS) is 10.6. The number of carbonyl (C=O) groups is 3. The van der Waals surface area contributed by atoms with Crippen LogP contribution in [0.3, 0.4) is 0 Å². The summed E-state index contributed by atoms with van der Waals surface area (Å²) in [5.41, 5.74) is 2.91. The van der Waals surface area contributed by atoms with Crippen LogP contribution < -0.4 is 0 Å². The van der Waals surface area contributed by atoms with Gasteiger partial charge in [-0.15, -0.1) is 0 Å². The van der Waals surface area contributed by atoms with E-state index in [1.54, 1.807) is 31.7 Å². The average Bonchev–Trinajstić information content (AvgIpc) is 2.87. The number of amides is 1. The quantitative estimate of drug-likeness (QED) is 0.550. The summed E-state index contributed by atoms with van der Waals surface area (Å²) >= 11 is 0. The maximum absolute atomic E-state index is 12.9. The number of hydrogen-bond acceptors (Lipinski definition) is 5.